The molecule has 5 heterocycles. The Morgan fingerprint density at radius 3 is 2.15 bits per heavy atom. The number of alkyl halides is 3. The maximum atomic E-state index is 17.7. The second kappa shape index (κ2) is 15.5. The van der Waals surface area contributed by atoms with E-state index in [0.717, 1.165) is 17.5 Å². The molecule has 0 spiro atoms. The number of rotatable bonds is 8. The van der Waals surface area contributed by atoms with E-state index >= 15 is 17.6 Å². The molecule has 11 nitrogen and oxygen atoms in total. The summed E-state index contributed by atoms with van der Waals surface area (Å²) >= 11 is 7.09. The van der Waals surface area contributed by atoms with Gasteiger partial charge < -0.3 is 28.7 Å². The Balaban J connectivity index is 1.27. The lowest BCUT2D eigenvalue weighted by Gasteiger charge is -2.48. The first-order valence-corrected chi connectivity index (χ1v) is 20.1. The Hall–Kier alpha value is -5.57. The second-order valence-corrected chi connectivity index (χ2v) is 16.9. The number of piperazine rings is 1. The summed E-state index contributed by atoms with van der Waals surface area (Å²) in [5.41, 5.74) is -2.01. The highest BCUT2D eigenvalue weighted by Crippen LogP contribution is 2.50. The van der Waals surface area contributed by atoms with Gasteiger partial charge in [-0.15, -0.1) is 0 Å². The molecule has 0 radical (unpaired) electrons. The fraction of sp³-hybridized carbons (Fsp3) is 0.409. The third-order valence-electron chi connectivity index (χ3n) is 11.4. The van der Waals surface area contributed by atoms with Crippen molar-refractivity contribution in [2.24, 2.45) is 0 Å². The zero-order valence-corrected chi connectivity index (χ0v) is 35.0. The average Bonchev–Trinajstić information content (AvgIpc) is 3.45. The Labute approximate surface area is 350 Å². The van der Waals surface area contributed by atoms with Gasteiger partial charge in [0, 0.05) is 19.6 Å². The summed E-state index contributed by atoms with van der Waals surface area (Å²) in [6.45, 7) is 9.16. The highest BCUT2D eigenvalue weighted by Gasteiger charge is 2.54. The van der Waals surface area contributed by atoms with Crippen LogP contribution in [0.5, 0.6) is 17.4 Å². The number of hydrogen-bond acceptors (Lipinski definition) is 10. The molecule has 4 atom stereocenters. The number of amides is 1. The van der Waals surface area contributed by atoms with Crippen molar-refractivity contribution in [2.75, 3.05) is 30.6 Å². The third-order valence-corrected chi connectivity index (χ3v) is 11.8. The van der Waals surface area contributed by atoms with Crippen molar-refractivity contribution in [3.8, 4) is 28.6 Å². The lowest BCUT2D eigenvalue weighted by molar-refractivity contribution is -0.137. The third kappa shape index (κ3) is 7.45. The number of hydrogen-bond donors (Lipinski definition) is 0. The first-order chi connectivity index (χ1) is 28.5. The van der Waals surface area contributed by atoms with E-state index < -0.39 is 52.7 Å². The summed E-state index contributed by atoms with van der Waals surface area (Å²) in [7, 11) is 3.09. The van der Waals surface area contributed by atoms with Gasteiger partial charge in [0.15, 0.2) is 5.82 Å². The van der Waals surface area contributed by atoms with Crippen LogP contribution in [0.15, 0.2) is 60.9 Å². The number of aryl methyl sites for hydroxylation is 1. The van der Waals surface area contributed by atoms with E-state index in [4.69, 9.17) is 30.5 Å². The topological polar surface area (TPSA) is 102 Å². The van der Waals surface area contributed by atoms with E-state index in [-0.39, 0.29) is 58.2 Å². The van der Waals surface area contributed by atoms with Crippen molar-refractivity contribution < 1.29 is 41.3 Å². The highest BCUT2D eigenvalue weighted by atomic mass is 35.5. The molecule has 1 amide bonds. The average molecular weight is 849 g/mol. The zero-order chi connectivity index (χ0) is 42.8. The molecular weight excluding hydrogens is 804 g/mol. The van der Waals surface area contributed by atoms with Gasteiger partial charge in [-0.05, 0) is 94.5 Å². The Morgan fingerprint density at radius 1 is 0.967 bits per heavy atom. The first kappa shape index (κ1) is 41.2. The lowest BCUT2D eigenvalue weighted by atomic mass is 9.95. The van der Waals surface area contributed by atoms with Crippen LogP contribution in [0.3, 0.4) is 0 Å². The molecule has 2 fully saturated rings. The molecule has 3 aliphatic heterocycles. The minimum absolute atomic E-state index is 0.0559. The predicted molar refractivity (Wildman–Crippen MR) is 219 cm³/mol. The highest BCUT2D eigenvalue weighted by molar-refractivity contribution is 6.38. The minimum Gasteiger partial charge on any atom is -0.497 e. The number of carbonyl (C=O) groups is 1. The predicted octanol–water partition coefficient (Wildman–Crippen LogP) is 9.77. The van der Waals surface area contributed by atoms with E-state index in [1.807, 2.05) is 52.0 Å². The molecule has 3 aromatic carbocycles. The second-order valence-electron chi connectivity index (χ2n) is 16.5. The minimum atomic E-state index is -5.01. The van der Waals surface area contributed by atoms with Gasteiger partial charge in [-0.25, -0.2) is 24.1 Å². The normalized spacial score (nSPS) is 19.7. The van der Waals surface area contributed by atoms with Crippen LogP contribution in [-0.2, 0) is 24.0 Å². The molecular formula is C44H45ClF4N6O5. The SMILES string of the molecule is COc1ccc(CN(Cc2ccc(OC)cc2)c2cc(C)c(C(F)(F)F)c(-c3nc4c5c(ncnc5c3Cl)N3C[C@H]5CC[C@@H]([C@H]3[C@H](C)O4)N5C(=O)OC(C)(C)C)c2F)cc1. The van der Waals surface area contributed by atoms with Gasteiger partial charge in [0.05, 0.1) is 59.9 Å². The van der Waals surface area contributed by atoms with Gasteiger partial charge in [0.1, 0.15) is 46.3 Å². The summed E-state index contributed by atoms with van der Waals surface area (Å²) in [6, 6.07) is 14.5. The Bertz CT molecular complexity index is 2400. The fourth-order valence-corrected chi connectivity index (χ4v) is 9.15. The molecule has 0 saturated carbocycles. The number of pyridine rings is 1. The van der Waals surface area contributed by atoms with Gasteiger partial charge in [-0.2, -0.15) is 13.2 Å². The van der Waals surface area contributed by atoms with Gasteiger partial charge >= 0.3 is 12.3 Å². The summed E-state index contributed by atoms with van der Waals surface area (Å²) < 4.78 is 86.5. The van der Waals surface area contributed by atoms with Gasteiger partial charge in [0.2, 0.25) is 5.88 Å². The van der Waals surface area contributed by atoms with E-state index in [1.54, 1.807) is 48.3 Å². The molecule has 2 aromatic heterocycles. The summed E-state index contributed by atoms with van der Waals surface area (Å²) in [6.07, 6.45) is -3.44. The van der Waals surface area contributed by atoms with Crippen molar-refractivity contribution in [3.05, 3.63) is 94.0 Å². The number of anilines is 2. The van der Waals surface area contributed by atoms with Crippen LogP contribution in [0, 0.1) is 12.7 Å². The van der Waals surface area contributed by atoms with Gasteiger partial charge in [-0.1, -0.05) is 35.9 Å². The van der Waals surface area contributed by atoms with Crippen LogP contribution in [-0.4, -0.2) is 76.5 Å². The summed E-state index contributed by atoms with van der Waals surface area (Å²) in [5, 5.41) is -0.00604. The number of aromatic nitrogens is 3. The molecule has 5 aromatic rings. The largest absolute Gasteiger partial charge is 0.497 e. The van der Waals surface area contributed by atoms with Crippen LogP contribution in [0.1, 0.15) is 62.8 Å². The van der Waals surface area contributed by atoms with Crippen LogP contribution < -0.4 is 24.0 Å². The van der Waals surface area contributed by atoms with Crippen molar-refractivity contribution in [1.82, 2.24) is 19.9 Å². The van der Waals surface area contributed by atoms with Gasteiger partial charge in [0.25, 0.3) is 0 Å². The molecule has 16 heteroatoms. The van der Waals surface area contributed by atoms with Crippen molar-refractivity contribution in [1.29, 1.82) is 0 Å². The number of fused-ring (bicyclic) bond motifs is 5. The summed E-state index contributed by atoms with van der Waals surface area (Å²) in [5.74, 6) is 0.379. The van der Waals surface area contributed by atoms with Crippen LogP contribution >= 0.6 is 11.6 Å². The maximum Gasteiger partial charge on any atom is 0.417 e. The Kier molecular flexibility index (Phi) is 10.6. The number of ether oxygens (including phenoxy) is 4. The quantitative estimate of drug-likeness (QED) is 0.140. The van der Waals surface area contributed by atoms with Crippen molar-refractivity contribution >= 4 is 40.1 Å². The molecule has 60 heavy (non-hydrogen) atoms. The number of nitrogens with zero attached hydrogens (tertiary/aromatic N) is 6. The molecule has 8 rings (SSSR count). The lowest BCUT2D eigenvalue weighted by Crippen LogP contribution is -2.65. The number of halogens is 5. The van der Waals surface area contributed by atoms with E-state index in [2.05, 4.69) is 19.9 Å². The molecule has 2 bridgehead atoms. The smallest absolute Gasteiger partial charge is 0.417 e. The van der Waals surface area contributed by atoms with E-state index in [1.165, 1.54) is 19.3 Å². The fourth-order valence-electron chi connectivity index (χ4n) is 8.87. The number of methoxy groups -OCH3 is 2. The molecule has 0 N–H and O–H groups in total. The molecule has 0 unspecified atom stereocenters. The molecule has 316 valence electrons. The molecule has 3 aliphatic rings. The summed E-state index contributed by atoms with van der Waals surface area (Å²) in [4.78, 5) is 32.8. The standard InChI is InChI=1S/C44H45ClF4N6O5/c1-23-18-31(53(19-25-8-13-28(57-6)14-9-25)20-26-10-15-29(58-7)16-11-26)36(46)32(34(23)44(47,48)49)38-35(45)37-33-40(51-22-50-37)54-21-27-12-17-30(39(54)24(2)59-41(33)52-38)55(27)42(56)60-43(3,4)5/h8-11,13-16,18,22,24,27,30,39H,12,17,19-21H2,1-7H3/t24-,27+,30-,39+/m0/s1. The van der Waals surface area contributed by atoms with E-state index in [9.17, 15) is 4.79 Å². The first-order valence-electron chi connectivity index (χ1n) is 19.7. The maximum absolute atomic E-state index is 17.7. The zero-order valence-electron chi connectivity index (χ0n) is 34.2. The van der Waals surface area contributed by atoms with Crippen LogP contribution in [0.4, 0.5) is 33.9 Å². The monoisotopic (exact) mass is 848 g/mol. The van der Waals surface area contributed by atoms with Crippen molar-refractivity contribution in [2.45, 2.75) is 96.6 Å². The van der Waals surface area contributed by atoms with E-state index in [0.29, 0.717) is 30.3 Å². The number of carbonyl (C=O) groups excluding carboxylic acids is 1. The molecule has 2 saturated heterocycles. The van der Waals surface area contributed by atoms with Gasteiger partial charge in [-0.3, -0.25) is 4.90 Å². The van der Waals surface area contributed by atoms with Crippen LogP contribution in [0.2, 0.25) is 5.02 Å². The number of benzene rings is 3. The molecule has 0 aliphatic carbocycles. The Morgan fingerprint density at radius 2 is 1.58 bits per heavy atom. The van der Waals surface area contributed by atoms with Crippen LogP contribution in [0.25, 0.3) is 22.2 Å². The van der Waals surface area contributed by atoms with Crippen molar-refractivity contribution in [3.63, 3.8) is 0 Å².